The Morgan fingerprint density at radius 3 is 2.15 bits per heavy atom. The van der Waals surface area contributed by atoms with Crippen LogP contribution in [0.5, 0.6) is 0 Å². The van der Waals surface area contributed by atoms with Crippen LogP contribution in [0.1, 0.15) is 43.2 Å². The Bertz CT molecular complexity index is 924. The highest BCUT2D eigenvalue weighted by atomic mass is 19.4. The summed E-state index contributed by atoms with van der Waals surface area (Å²) in [6.45, 7) is 4.50. The number of halogens is 3. The van der Waals surface area contributed by atoms with E-state index in [1.807, 2.05) is 22.0 Å². The number of carbonyl (C=O) groups is 2. The summed E-state index contributed by atoms with van der Waals surface area (Å²) in [4.78, 5) is 31.5. The normalized spacial score (nSPS) is 20.4. The van der Waals surface area contributed by atoms with E-state index >= 15 is 0 Å². The monoisotopic (exact) mass is 475 g/mol. The summed E-state index contributed by atoms with van der Waals surface area (Å²) < 4.78 is 38.1. The van der Waals surface area contributed by atoms with E-state index in [0.717, 1.165) is 75.1 Å². The summed E-state index contributed by atoms with van der Waals surface area (Å²) in [5.74, 6) is 0.187. The Labute approximate surface area is 198 Å². The first-order chi connectivity index (χ1) is 16.3. The molecule has 8 heteroatoms. The zero-order valence-corrected chi connectivity index (χ0v) is 19.4. The molecule has 2 aliphatic heterocycles. The molecule has 2 fully saturated rings. The maximum Gasteiger partial charge on any atom is 0.416 e. The number of likely N-dealkylation sites (tertiary alicyclic amines) is 1. The third-order valence-electron chi connectivity index (χ3n) is 7.09. The van der Waals surface area contributed by atoms with Gasteiger partial charge in [0.25, 0.3) is 5.91 Å². The smallest absolute Gasteiger partial charge is 0.340 e. The van der Waals surface area contributed by atoms with Crippen LogP contribution in [0.15, 0.2) is 48.1 Å². The van der Waals surface area contributed by atoms with E-state index in [1.165, 1.54) is 12.1 Å². The van der Waals surface area contributed by atoms with Crippen LogP contribution in [0.2, 0.25) is 0 Å². The van der Waals surface area contributed by atoms with Gasteiger partial charge in [-0.25, -0.2) is 0 Å². The van der Waals surface area contributed by atoms with E-state index in [0.29, 0.717) is 32.0 Å². The van der Waals surface area contributed by atoms with Crippen molar-refractivity contribution < 1.29 is 22.8 Å². The maximum atomic E-state index is 12.7. The molecule has 0 atom stereocenters. The highest BCUT2D eigenvalue weighted by Gasteiger charge is 2.31. The molecule has 34 heavy (non-hydrogen) atoms. The van der Waals surface area contributed by atoms with Gasteiger partial charge in [-0.2, -0.15) is 13.2 Å². The quantitative estimate of drug-likeness (QED) is 0.646. The summed E-state index contributed by atoms with van der Waals surface area (Å²) in [5.41, 5.74) is 0.880. The van der Waals surface area contributed by atoms with Gasteiger partial charge in [0.1, 0.15) is 0 Å². The van der Waals surface area contributed by atoms with Crippen molar-refractivity contribution in [3.05, 3.63) is 59.2 Å². The molecule has 0 aromatic heterocycles. The number of benzene rings is 1. The van der Waals surface area contributed by atoms with Gasteiger partial charge in [0.2, 0.25) is 5.91 Å². The highest BCUT2D eigenvalue weighted by Crippen LogP contribution is 2.29. The van der Waals surface area contributed by atoms with Gasteiger partial charge in [0, 0.05) is 57.3 Å². The topological polar surface area (TPSA) is 43.9 Å². The fourth-order valence-corrected chi connectivity index (χ4v) is 4.99. The Morgan fingerprint density at radius 1 is 0.882 bits per heavy atom. The zero-order valence-electron chi connectivity index (χ0n) is 19.4. The molecule has 0 bridgehead atoms. The van der Waals surface area contributed by atoms with Gasteiger partial charge in [-0.15, -0.1) is 0 Å². The number of nitrogens with zero attached hydrogens (tertiary/aromatic N) is 3. The van der Waals surface area contributed by atoms with Crippen molar-refractivity contribution >= 4 is 11.8 Å². The van der Waals surface area contributed by atoms with Gasteiger partial charge in [0.05, 0.1) is 5.56 Å². The van der Waals surface area contributed by atoms with E-state index < -0.39 is 11.7 Å². The number of rotatable bonds is 5. The van der Waals surface area contributed by atoms with Crippen LogP contribution < -0.4 is 0 Å². The molecule has 1 aliphatic carbocycles. The summed E-state index contributed by atoms with van der Waals surface area (Å²) in [7, 11) is 0. The number of allylic oxidation sites excluding steroid dienone is 2. The number of alkyl halides is 3. The van der Waals surface area contributed by atoms with E-state index in [-0.39, 0.29) is 11.8 Å². The molecule has 3 aliphatic rings. The van der Waals surface area contributed by atoms with Gasteiger partial charge in [-0.1, -0.05) is 30.4 Å². The molecule has 0 unspecified atom stereocenters. The van der Waals surface area contributed by atoms with Gasteiger partial charge in [-0.3, -0.25) is 14.5 Å². The molecule has 0 saturated carbocycles. The first-order valence-electron chi connectivity index (χ1n) is 12.2. The second-order valence-electron chi connectivity index (χ2n) is 9.27. The van der Waals surface area contributed by atoms with Gasteiger partial charge < -0.3 is 9.80 Å². The lowest BCUT2D eigenvalue weighted by atomic mass is 10.00. The van der Waals surface area contributed by atoms with Crippen molar-refractivity contribution in [3.8, 4) is 0 Å². The van der Waals surface area contributed by atoms with Crippen LogP contribution in [-0.2, 0) is 22.2 Å². The van der Waals surface area contributed by atoms with E-state index in [4.69, 9.17) is 0 Å². The molecule has 0 radical (unpaired) electrons. The molecule has 0 N–H and O–H groups in total. The molecular weight excluding hydrogens is 443 g/mol. The van der Waals surface area contributed by atoms with Crippen LogP contribution in [0.4, 0.5) is 13.2 Å². The lowest BCUT2D eigenvalue weighted by Gasteiger charge is -2.43. The molecular formula is C26H32F3N3O2. The zero-order chi connectivity index (χ0) is 24.1. The number of carbonyl (C=O) groups excluding carboxylic acids is 2. The molecule has 1 aromatic carbocycles. The van der Waals surface area contributed by atoms with Crippen molar-refractivity contribution in [1.82, 2.24) is 14.7 Å². The van der Waals surface area contributed by atoms with Gasteiger partial charge in [-0.05, 0) is 49.8 Å². The number of amides is 2. The minimum atomic E-state index is -4.34. The van der Waals surface area contributed by atoms with E-state index in [2.05, 4.69) is 11.0 Å². The molecule has 1 aromatic rings. The van der Waals surface area contributed by atoms with Crippen molar-refractivity contribution in [2.45, 2.75) is 50.7 Å². The second-order valence-corrected chi connectivity index (χ2v) is 9.27. The maximum absolute atomic E-state index is 12.7. The summed E-state index contributed by atoms with van der Waals surface area (Å²) in [5, 5.41) is 0. The van der Waals surface area contributed by atoms with Crippen LogP contribution in [0.3, 0.4) is 0 Å². The van der Waals surface area contributed by atoms with Crippen molar-refractivity contribution in [2.75, 3.05) is 39.3 Å². The summed E-state index contributed by atoms with van der Waals surface area (Å²) >= 11 is 0. The van der Waals surface area contributed by atoms with E-state index in [9.17, 15) is 22.8 Å². The standard InChI is InChI=1S/C26H32F3N3O2/c27-26(28,29)22-9-6-20(7-10-22)8-11-24(33)31-18-16-30(17-19-31)23-12-14-32(15-13-23)25(34)21-4-2-1-3-5-21/h2,4-7,9-10,23H,1,3,8,11-19H2. The van der Waals surface area contributed by atoms with Crippen LogP contribution >= 0.6 is 0 Å². The predicted octanol–water partition coefficient (Wildman–Crippen LogP) is 4.05. The molecule has 2 heterocycles. The number of piperazine rings is 1. The lowest BCUT2D eigenvalue weighted by molar-refractivity contribution is -0.137. The number of piperidine rings is 1. The average molecular weight is 476 g/mol. The summed E-state index contributed by atoms with van der Waals surface area (Å²) in [6.07, 6.45) is 6.26. The fourth-order valence-electron chi connectivity index (χ4n) is 4.99. The molecule has 2 saturated heterocycles. The Hall–Kier alpha value is -2.61. The third kappa shape index (κ3) is 6.09. The van der Waals surface area contributed by atoms with Crippen molar-refractivity contribution in [3.63, 3.8) is 0 Å². The SMILES string of the molecule is O=C(CCc1ccc(C(F)(F)F)cc1)N1CCN(C2CCN(C(=O)C3=CCCC=C3)CC2)CC1. The largest absolute Gasteiger partial charge is 0.416 e. The number of hydrogen-bond donors (Lipinski definition) is 0. The lowest BCUT2D eigenvalue weighted by Crippen LogP contribution is -2.54. The Morgan fingerprint density at radius 2 is 1.56 bits per heavy atom. The van der Waals surface area contributed by atoms with Crippen molar-refractivity contribution in [1.29, 1.82) is 0 Å². The minimum Gasteiger partial charge on any atom is -0.340 e. The molecule has 4 rings (SSSR count). The number of aryl methyl sites for hydroxylation is 1. The predicted molar refractivity (Wildman–Crippen MR) is 124 cm³/mol. The Kier molecular flexibility index (Phi) is 7.76. The fraction of sp³-hybridized carbons (Fsp3) is 0.538. The first-order valence-corrected chi connectivity index (χ1v) is 12.2. The second kappa shape index (κ2) is 10.8. The third-order valence-corrected chi connectivity index (χ3v) is 7.09. The highest BCUT2D eigenvalue weighted by molar-refractivity contribution is 5.96. The van der Waals surface area contributed by atoms with Crippen LogP contribution in [0.25, 0.3) is 0 Å². The first kappa shape index (κ1) is 24.5. The molecule has 2 amide bonds. The Balaban J connectivity index is 1.18. The summed E-state index contributed by atoms with van der Waals surface area (Å²) in [6, 6.07) is 5.48. The number of hydrogen-bond acceptors (Lipinski definition) is 3. The molecule has 0 spiro atoms. The molecule has 5 nitrogen and oxygen atoms in total. The van der Waals surface area contributed by atoms with E-state index in [1.54, 1.807) is 0 Å². The van der Waals surface area contributed by atoms with Gasteiger partial charge >= 0.3 is 6.18 Å². The van der Waals surface area contributed by atoms with Crippen LogP contribution in [-0.4, -0.2) is 71.8 Å². The van der Waals surface area contributed by atoms with Gasteiger partial charge in [0.15, 0.2) is 0 Å². The minimum absolute atomic E-state index is 0.0498. The van der Waals surface area contributed by atoms with Crippen molar-refractivity contribution in [2.24, 2.45) is 0 Å². The average Bonchev–Trinajstić information content (AvgIpc) is 2.87. The van der Waals surface area contributed by atoms with Crippen LogP contribution in [0, 0.1) is 0 Å². The molecule has 184 valence electrons.